The normalized spacial score (nSPS) is 19.9. The number of sulfonamides is 1. The summed E-state index contributed by atoms with van der Waals surface area (Å²) in [5.41, 5.74) is 0.517. The number of piperidine rings is 1. The van der Waals surface area contributed by atoms with Gasteiger partial charge >= 0.3 is 0 Å². The molecular weight excluding hydrogens is 422 g/mol. The van der Waals surface area contributed by atoms with Crippen LogP contribution < -0.4 is 4.90 Å². The van der Waals surface area contributed by atoms with Gasteiger partial charge in [-0.05, 0) is 43.9 Å². The molecule has 1 atom stereocenters. The van der Waals surface area contributed by atoms with Crippen LogP contribution in [0.15, 0.2) is 28.0 Å². The maximum absolute atomic E-state index is 13.1. The molecule has 30 heavy (non-hydrogen) atoms. The third kappa shape index (κ3) is 4.53. The van der Waals surface area contributed by atoms with Crippen molar-refractivity contribution < 1.29 is 18.0 Å². The largest absolute Gasteiger partial charge is 0.338 e. The van der Waals surface area contributed by atoms with Crippen LogP contribution in [0.2, 0.25) is 0 Å². The summed E-state index contributed by atoms with van der Waals surface area (Å²) in [6.45, 7) is 7.10. The fourth-order valence-corrected chi connectivity index (χ4v) is 6.60. The SMILES string of the molecule is CCC1CCCCN1C(=O)CN1C(=O)CSc2ccc(S(=O)(=O)N(CC)CC)cc21. The number of hydrogen-bond donors (Lipinski definition) is 0. The molecular formula is C21H31N3O4S2. The van der Waals surface area contributed by atoms with Gasteiger partial charge in [-0.3, -0.25) is 9.59 Å². The van der Waals surface area contributed by atoms with Gasteiger partial charge in [-0.25, -0.2) is 8.42 Å². The molecule has 9 heteroatoms. The van der Waals surface area contributed by atoms with Gasteiger partial charge in [0.25, 0.3) is 0 Å². The van der Waals surface area contributed by atoms with Crippen LogP contribution in [0, 0.1) is 0 Å². The lowest BCUT2D eigenvalue weighted by molar-refractivity contribution is -0.134. The molecule has 1 unspecified atom stereocenters. The van der Waals surface area contributed by atoms with Crippen molar-refractivity contribution in [2.75, 3.05) is 36.8 Å². The highest BCUT2D eigenvalue weighted by atomic mass is 32.2. The first-order valence-electron chi connectivity index (χ1n) is 10.7. The van der Waals surface area contributed by atoms with E-state index in [2.05, 4.69) is 6.92 Å². The third-order valence-corrected chi connectivity index (χ3v) is 9.02. The molecule has 0 saturated carbocycles. The molecule has 1 aromatic carbocycles. The molecule has 0 radical (unpaired) electrons. The zero-order valence-corrected chi connectivity index (χ0v) is 19.6. The van der Waals surface area contributed by atoms with Crippen molar-refractivity contribution in [2.45, 2.75) is 62.3 Å². The van der Waals surface area contributed by atoms with E-state index < -0.39 is 10.0 Å². The zero-order chi connectivity index (χ0) is 21.9. The number of benzene rings is 1. The average molecular weight is 454 g/mol. The van der Waals surface area contributed by atoms with Crippen LogP contribution in [0.5, 0.6) is 0 Å². The quantitative estimate of drug-likeness (QED) is 0.634. The molecule has 2 heterocycles. The summed E-state index contributed by atoms with van der Waals surface area (Å²) in [6, 6.07) is 5.10. The Morgan fingerprint density at radius 3 is 2.60 bits per heavy atom. The molecule has 2 aliphatic heterocycles. The number of carbonyl (C=O) groups is 2. The van der Waals surface area contributed by atoms with Crippen LogP contribution in [-0.2, 0) is 19.6 Å². The van der Waals surface area contributed by atoms with E-state index in [0.717, 1.165) is 37.1 Å². The van der Waals surface area contributed by atoms with Gasteiger partial charge in [-0.1, -0.05) is 20.8 Å². The molecule has 0 bridgehead atoms. The molecule has 0 aromatic heterocycles. The number of fused-ring (bicyclic) bond motifs is 1. The lowest BCUT2D eigenvalue weighted by atomic mass is 10.00. The maximum atomic E-state index is 13.1. The first kappa shape index (κ1) is 23.1. The highest BCUT2D eigenvalue weighted by Gasteiger charge is 2.33. The highest BCUT2D eigenvalue weighted by Crippen LogP contribution is 2.37. The number of amides is 2. The molecule has 1 fully saturated rings. The van der Waals surface area contributed by atoms with E-state index in [1.165, 1.54) is 21.0 Å². The molecule has 7 nitrogen and oxygen atoms in total. The Bertz CT molecular complexity index is 900. The molecule has 2 aliphatic rings. The van der Waals surface area contributed by atoms with Gasteiger partial charge in [-0.15, -0.1) is 11.8 Å². The number of hydrogen-bond acceptors (Lipinski definition) is 5. The number of rotatable bonds is 7. The molecule has 1 aromatic rings. The van der Waals surface area contributed by atoms with Gasteiger partial charge in [0.1, 0.15) is 6.54 Å². The number of anilines is 1. The second-order valence-electron chi connectivity index (χ2n) is 7.63. The average Bonchev–Trinajstić information content (AvgIpc) is 2.75. The van der Waals surface area contributed by atoms with Gasteiger partial charge in [0.2, 0.25) is 21.8 Å². The van der Waals surface area contributed by atoms with E-state index in [-0.39, 0.29) is 35.0 Å². The first-order chi connectivity index (χ1) is 14.3. The Balaban J connectivity index is 1.91. The summed E-state index contributed by atoms with van der Waals surface area (Å²) in [7, 11) is -3.65. The Hall–Kier alpha value is -1.58. The molecule has 0 N–H and O–H groups in total. The summed E-state index contributed by atoms with van der Waals surface area (Å²) >= 11 is 1.38. The van der Waals surface area contributed by atoms with Crippen molar-refractivity contribution in [3.05, 3.63) is 18.2 Å². The molecule has 166 valence electrons. The fraction of sp³-hybridized carbons (Fsp3) is 0.619. The van der Waals surface area contributed by atoms with Gasteiger partial charge < -0.3 is 9.80 Å². The Morgan fingerprint density at radius 2 is 1.93 bits per heavy atom. The topological polar surface area (TPSA) is 78.0 Å². The summed E-state index contributed by atoms with van der Waals surface area (Å²) in [5, 5.41) is 0. The summed E-state index contributed by atoms with van der Waals surface area (Å²) < 4.78 is 27.3. The van der Waals surface area contributed by atoms with Gasteiger partial charge in [0, 0.05) is 30.6 Å². The van der Waals surface area contributed by atoms with E-state index in [9.17, 15) is 18.0 Å². The molecule has 0 aliphatic carbocycles. The number of carbonyl (C=O) groups excluding carboxylic acids is 2. The molecule has 3 rings (SSSR count). The van der Waals surface area contributed by atoms with Crippen LogP contribution in [-0.4, -0.2) is 67.4 Å². The van der Waals surface area contributed by atoms with Crippen LogP contribution in [0.1, 0.15) is 46.5 Å². The van der Waals surface area contributed by atoms with Crippen LogP contribution in [0.4, 0.5) is 5.69 Å². The van der Waals surface area contributed by atoms with E-state index in [1.54, 1.807) is 32.0 Å². The molecule has 2 amide bonds. The predicted octanol–water partition coefficient (Wildman–Crippen LogP) is 2.95. The first-order valence-corrected chi connectivity index (χ1v) is 13.1. The van der Waals surface area contributed by atoms with E-state index in [4.69, 9.17) is 0 Å². The van der Waals surface area contributed by atoms with Crippen LogP contribution >= 0.6 is 11.8 Å². The predicted molar refractivity (Wildman–Crippen MR) is 119 cm³/mol. The number of likely N-dealkylation sites (tertiary alicyclic amines) is 1. The van der Waals surface area contributed by atoms with E-state index in [1.807, 2.05) is 4.90 Å². The fourth-order valence-electron chi connectivity index (χ4n) is 4.21. The Kier molecular flexibility index (Phi) is 7.47. The summed E-state index contributed by atoms with van der Waals surface area (Å²) in [4.78, 5) is 30.1. The van der Waals surface area contributed by atoms with E-state index >= 15 is 0 Å². The lowest BCUT2D eigenvalue weighted by Gasteiger charge is -2.37. The molecule has 0 spiro atoms. The van der Waals surface area contributed by atoms with Crippen molar-refractivity contribution in [2.24, 2.45) is 0 Å². The standard InChI is InChI=1S/C21H31N3O4S2/c1-4-16-9-7-8-12-23(16)20(25)14-24-18-13-17(30(27,28)22(5-2)6-3)10-11-19(18)29-15-21(24)26/h10-11,13,16H,4-9,12,14-15H2,1-3H3. The van der Waals surface area contributed by atoms with Crippen LogP contribution in [0.3, 0.4) is 0 Å². The second kappa shape index (κ2) is 9.70. The number of thioether (sulfide) groups is 1. The summed E-state index contributed by atoms with van der Waals surface area (Å²) in [5.74, 6) is 0.0210. The van der Waals surface area contributed by atoms with Crippen LogP contribution in [0.25, 0.3) is 0 Å². The number of nitrogens with zero attached hydrogens (tertiary/aromatic N) is 3. The van der Waals surface area contributed by atoms with Crippen molar-refractivity contribution in [3.63, 3.8) is 0 Å². The van der Waals surface area contributed by atoms with Crippen molar-refractivity contribution in [1.29, 1.82) is 0 Å². The van der Waals surface area contributed by atoms with Gasteiger partial charge in [0.05, 0.1) is 16.3 Å². The highest BCUT2D eigenvalue weighted by molar-refractivity contribution is 8.00. The monoisotopic (exact) mass is 453 g/mol. The van der Waals surface area contributed by atoms with Gasteiger partial charge in [-0.2, -0.15) is 4.31 Å². The summed E-state index contributed by atoms with van der Waals surface area (Å²) in [6.07, 6.45) is 4.00. The smallest absolute Gasteiger partial charge is 0.243 e. The van der Waals surface area contributed by atoms with E-state index in [0.29, 0.717) is 18.8 Å². The third-order valence-electron chi connectivity index (χ3n) is 5.93. The minimum absolute atomic E-state index is 0.0440. The zero-order valence-electron chi connectivity index (χ0n) is 18.0. The van der Waals surface area contributed by atoms with Crippen molar-refractivity contribution in [1.82, 2.24) is 9.21 Å². The van der Waals surface area contributed by atoms with Crippen molar-refractivity contribution in [3.8, 4) is 0 Å². The van der Waals surface area contributed by atoms with Gasteiger partial charge in [0.15, 0.2) is 0 Å². The minimum Gasteiger partial charge on any atom is -0.338 e. The maximum Gasteiger partial charge on any atom is 0.243 e. The second-order valence-corrected chi connectivity index (χ2v) is 10.6. The molecule has 1 saturated heterocycles. The minimum atomic E-state index is -3.65. The Morgan fingerprint density at radius 1 is 1.20 bits per heavy atom. The Labute approximate surface area is 183 Å². The lowest BCUT2D eigenvalue weighted by Crippen LogP contribution is -2.50. The van der Waals surface area contributed by atoms with Crippen molar-refractivity contribution >= 4 is 39.3 Å².